The van der Waals surface area contributed by atoms with E-state index in [1.165, 1.54) is 0 Å². The molecular weight excluding hydrogens is 140 g/mol. The second-order valence-corrected chi connectivity index (χ2v) is 4.05. The topological polar surface area (TPSA) is 40.5 Å². The van der Waals surface area contributed by atoms with Crippen LogP contribution in [-0.2, 0) is 0 Å². The Hall–Kier alpha value is -0.340. The second kappa shape index (κ2) is 2.08. The van der Waals surface area contributed by atoms with Gasteiger partial charge in [0.15, 0.2) is 0 Å². The van der Waals surface area contributed by atoms with Crippen molar-refractivity contribution in [1.82, 2.24) is 0 Å². The first kappa shape index (κ1) is 7.32. The molecule has 2 atom stereocenters. The van der Waals surface area contributed by atoms with Gasteiger partial charge in [-0.2, -0.15) is 0 Å². The molecule has 0 aromatic carbocycles. The number of aliphatic hydroxyl groups excluding tert-OH is 2. The molecule has 62 valence electrons. The maximum atomic E-state index is 9.12. The van der Waals surface area contributed by atoms with E-state index in [-0.39, 0.29) is 24.0 Å². The summed E-state index contributed by atoms with van der Waals surface area (Å²) in [4.78, 5) is 0. The molecule has 2 aliphatic rings. The molecule has 1 fully saturated rings. The fourth-order valence-corrected chi connectivity index (χ4v) is 2.39. The van der Waals surface area contributed by atoms with Crippen molar-refractivity contribution < 1.29 is 10.2 Å². The van der Waals surface area contributed by atoms with Gasteiger partial charge in [0.25, 0.3) is 0 Å². The van der Waals surface area contributed by atoms with E-state index in [1.807, 2.05) is 0 Å². The summed E-state index contributed by atoms with van der Waals surface area (Å²) in [5, 5.41) is 18.2. The van der Waals surface area contributed by atoms with Crippen molar-refractivity contribution in [3.63, 3.8) is 0 Å². The standard InChI is InChI=1S/C9H14O2/c10-6-8-1-2-9(5-8,7-11)4-3-8/h1-2,10-11H,3-7H2. The molecule has 2 bridgehead atoms. The van der Waals surface area contributed by atoms with E-state index in [0.29, 0.717) is 0 Å². The largest absolute Gasteiger partial charge is 0.395 e. The van der Waals surface area contributed by atoms with E-state index in [1.54, 1.807) is 0 Å². The molecular formula is C9H14O2. The van der Waals surface area contributed by atoms with Gasteiger partial charge in [-0.05, 0) is 19.3 Å². The number of fused-ring (bicyclic) bond motifs is 2. The van der Waals surface area contributed by atoms with Crippen molar-refractivity contribution in [2.45, 2.75) is 19.3 Å². The number of rotatable bonds is 2. The quantitative estimate of drug-likeness (QED) is 0.575. The summed E-state index contributed by atoms with van der Waals surface area (Å²) in [7, 11) is 0. The van der Waals surface area contributed by atoms with Crippen LogP contribution in [0.1, 0.15) is 19.3 Å². The Balaban J connectivity index is 2.23. The third kappa shape index (κ3) is 0.861. The Kier molecular flexibility index (Phi) is 1.38. The van der Waals surface area contributed by atoms with E-state index in [4.69, 9.17) is 10.2 Å². The SMILES string of the molecule is OCC12C=CC(CO)(CC1)C2. The second-order valence-electron chi connectivity index (χ2n) is 4.05. The van der Waals surface area contributed by atoms with Crippen molar-refractivity contribution in [2.24, 2.45) is 10.8 Å². The summed E-state index contributed by atoms with van der Waals surface area (Å²) in [5.74, 6) is 0. The highest BCUT2D eigenvalue weighted by molar-refractivity contribution is 5.22. The summed E-state index contributed by atoms with van der Waals surface area (Å²) in [6.45, 7) is 0.483. The van der Waals surface area contributed by atoms with Gasteiger partial charge in [-0.25, -0.2) is 0 Å². The summed E-state index contributed by atoms with van der Waals surface area (Å²) >= 11 is 0. The van der Waals surface area contributed by atoms with E-state index < -0.39 is 0 Å². The number of hydrogen-bond donors (Lipinski definition) is 2. The van der Waals surface area contributed by atoms with E-state index in [0.717, 1.165) is 19.3 Å². The minimum Gasteiger partial charge on any atom is -0.395 e. The lowest BCUT2D eigenvalue weighted by molar-refractivity contribution is 0.150. The molecule has 0 heterocycles. The van der Waals surface area contributed by atoms with Gasteiger partial charge in [0.05, 0.1) is 13.2 Å². The lowest BCUT2D eigenvalue weighted by atomic mass is 9.89. The average Bonchev–Trinajstić information content (AvgIpc) is 2.61. The first-order valence-corrected chi connectivity index (χ1v) is 4.16. The Labute approximate surface area is 66.5 Å². The zero-order chi connectivity index (χ0) is 7.95. The van der Waals surface area contributed by atoms with Crippen molar-refractivity contribution in [1.29, 1.82) is 0 Å². The average molecular weight is 154 g/mol. The summed E-state index contributed by atoms with van der Waals surface area (Å²) in [6.07, 6.45) is 7.22. The van der Waals surface area contributed by atoms with Gasteiger partial charge in [-0.15, -0.1) is 0 Å². The van der Waals surface area contributed by atoms with Gasteiger partial charge in [0, 0.05) is 10.8 Å². The zero-order valence-corrected chi connectivity index (χ0v) is 6.58. The molecule has 0 amide bonds. The van der Waals surface area contributed by atoms with Gasteiger partial charge < -0.3 is 10.2 Å². The Morgan fingerprint density at radius 3 is 1.64 bits per heavy atom. The molecule has 0 spiro atoms. The molecule has 2 N–H and O–H groups in total. The zero-order valence-electron chi connectivity index (χ0n) is 6.58. The van der Waals surface area contributed by atoms with Crippen LogP contribution in [0.4, 0.5) is 0 Å². The van der Waals surface area contributed by atoms with Crippen LogP contribution in [0, 0.1) is 10.8 Å². The highest BCUT2D eigenvalue weighted by atomic mass is 16.3. The maximum Gasteiger partial charge on any atom is 0.0522 e. The van der Waals surface area contributed by atoms with Gasteiger partial charge in [0.1, 0.15) is 0 Å². The third-order valence-electron chi connectivity index (χ3n) is 3.25. The molecule has 2 aliphatic carbocycles. The van der Waals surface area contributed by atoms with Gasteiger partial charge in [-0.1, -0.05) is 12.2 Å². The van der Waals surface area contributed by atoms with Crippen molar-refractivity contribution >= 4 is 0 Å². The third-order valence-corrected chi connectivity index (χ3v) is 3.25. The smallest absolute Gasteiger partial charge is 0.0522 e. The summed E-state index contributed by atoms with van der Waals surface area (Å²) < 4.78 is 0. The maximum absolute atomic E-state index is 9.12. The minimum atomic E-state index is 0.0305. The summed E-state index contributed by atoms with van der Waals surface area (Å²) in [6, 6.07) is 0. The summed E-state index contributed by atoms with van der Waals surface area (Å²) in [5.41, 5.74) is 0.0610. The normalized spacial score (nSPS) is 47.1. The molecule has 0 aliphatic heterocycles. The molecule has 11 heavy (non-hydrogen) atoms. The van der Waals surface area contributed by atoms with E-state index in [2.05, 4.69) is 12.2 Å². The molecule has 2 unspecified atom stereocenters. The first-order chi connectivity index (χ1) is 5.24. The van der Waals surface area contributed by atoms with Gasteiger partial charge in [0.2, 0.25) is 0 Å². The fourth-order valence-electron chi connectivity index (χ4n) is 2.39. The molecule has 2 nitrogen and oxygen atoms in total. The molecule has 0 aromatic heterocycles. The Bertz CT molecular complexity index is 180. The number of aliphatic hydroxyl groups is 2. The van der Waals surface area contributed by atoms with Gasteiger partial charge >= 0.3 is 0 Å². The molecule has 2 rings (SSSR count). The highest BCUT2D eigenvalue weighted by Gasteiger charge is 2.49. The van der Waals surface area contributed by atoms with Crippen LogP contribution in [0.5, 0.6) is 0 Å². The molecule has 0 aromatic rings. The first-order valence-electron chi connectivity index (χ1n) is 4.16. The molecule has 2 heteroatoms. The lowest BCUT2D eigenvalue weighted by Gasteiger charge is -2.18. The van der Waals surface area contributed by atoms with E-state index >= 15 is 0 Å². The Morgan fingerprint density at radius 2 is 1.45 bits per heavy atom. The van der Waals surface area contributed by atoms with Crippen LogP contribution in [0.2, 0.25) is 0 Å². The van der Waals surface area contributed by atoms with Crippen LogP contribution < -0.4 is 0 Å². The van der Waals surface area contributed by atoms with Crippen LogP contribution in [0.3, 0.4) is 0 Å². The van der Waals surface area contributed by atoms with Crippen LogP contribution in [0.15, 0.2) is 12.2 Å². The van der Waals surface area contributed by atoms with Crippen LogP contribution in [0.25, 0.3) is 0 Å². The highest BCUT2D eigenvalue weighted by Crippen LogP contribution is 2.56. The van der Waals surface area contributed by atoms with Crippen molar-refractivity contribution in [2.75, 3.05) is 13.2 Å². The lowest BCUT2D eigenvalue weighted by Crippen LogP contribution is -2.18. The van der Waals surface area contributed by atoms with E-state index in [9.17, 15) is 0 Å². The molecule has 1 saturated carbocycles. The van der Waals surface area contributed by atoms with Gasteiger partial charge in [-0.3, -0.25) is 0 Å². The van der Waals surface area contributed by atoms with Crippen molar-refractivity contribution in [3.05, 3.63) is 12.2 Å². The molecule has 0 radical (unpaired) electrons. The predicted molar refractivity (Wildman–Crippen MR) is 42.0 cm³/mol. The van der Waals surface area contributed by atoms with Crippen LogP contribution in [-0.4, -0.2) is 23.4 Å². The fraction of sp³-hybridized carbons (Fsp3) is 0.778. The predicted octanol–water partition coefficient (Wildman–Crippen LogP) is 0.698. The van der Waals surface area contributed by atoms with Crippen LogP contribution >= 0.6 is 0 Å². The Morgan fingerprint density at radius 1 is 1.00 bits per heavy atom. The monoisotopic (exact) mass is 154 g/mol. The minimum absolute atomic E-state index is 0.0305. The van der Waals surface area contributed by atoms with Crippen molar-refractivity contribution in [3.8, 4) is 0 Å². The number of hydrogen-bond acceptors (Lipinski definition) is 2. The molecule has 0 saturated heterocycles.